The topological polar surface area (TPSA) is 12.9 Å². The van der Waals surface area contributed by atoms with Gasteiger partial charge < -0.3 is 0 Å². The fraction of sp³-hybridized carbons (Fsp3) is 0.214. The molecule has 1 aromatic heterocycles. The Balaban J connectivity index is 2.51. The van der Waals surface area contributed by atoms with Crippen LogP contribution in [0.5, 0.6) is 0 Å². The van der Waals surface area contributed by atoms with Crippen LogP contribution in [0.1, 0.15) is 5.56 Å². The molecule has 1 heterocycles. The molecule has 1 aromatic carbocycles. The van der Waals surface area contributed by atoms with E-state index in [-0.39, 0.29) is 0 Å². The Morgan fingerprint density at radius 2 is 1.69 bits per heavy atom. The van der Waals surface area contributed by atoms with Crippen molar-refractivity contribution < 1.29 is 0 Å². The molecule has 0 unspecified atom stereocenters. The lowest BCUT2D eigenvalue weighted by molar-refractivity contribution is 1.28. The summed E-state index contributed by atoms with van der Waals surface area (Å²) in [5.41, 5.74) is 1.31. The van der Waals surface area contributed by atoms with Crippen molar-refractivity contribution >= 4 is 18.4 Å². The third-order valence-electron chi connectivity index (χ3n) is 3.19. The Hall–Kier alpha value is -1.41. The molecule has 0 amide bonds. The number of nitrogens with zero attached hydrogens (tertiary/aromatic N) is 1. The number of benzene rings is 1. The molecule has 0 saturated carbocycles. The second kappa shape index (κ2) is 4.22. The van der Waals surface area contributed by atoms with E-state index in [4.69, 9.17) is 0 Å². The largest absolute Gasteiger partial charge is 0.264 e. The molecule has 0 N–H and O–H groups in total. The van der Waals surface area contributed by atoms with Crippen molar-refractivity contribution in [2.24, 2.45) is 0 Å². The highest BCUT2D eigenvalue weighted by atomic mass is 28.3. The van der Waals surface area contributed by atoms with Gasteiger partial charge in [0.2, 0.25) is 0 Å². The smallest absolute Gasteiger partial charge is 0.112 e. The zero-order valence-electron chi connectivity index (χ0n) is 10.1. The molecular formula is C14H17NSi. The summed E-state index contributed by atoms with van der Waals surface area (Å²) in [6.45, 7) is 6.94. The maximum absolute atomic E-state index is 4.17. The average Bonchev–Trinajstić information content (AvgIpc) is 2.30. The SMILES string of the molecule is Cc1cnccc1[Si](C)(C)c1ccccc1. The predicted octanol–water partition coefficient (Wildman–Crippen LogP) is 2.21. The van der Waals surface area contributed by atoms with E-state index in [1.54, 1.807) is 0 Å². The van der Waals surface area contributed by atoms with Gasteiger partial charge in [0, 0.05) is 12.4 Å². The van der Waals surface area contributed by atoms with Crippen LogP contribution in [-0.4, -0.2) is 13.1 Å². The number of hydrogen-bond acceptors (Lipinski definition) is 1. The van der Waals surface area contributed by atoms with Crippen LogP contribution in [0.25, 0.3) is 0 Å². The van der Waals surface area contributed by atoms with Crippen molar-refractivity contribution in [2.45, 2.75) is 20.0 Å². The van der Waals surface area contributed by atoms with Crippen LogP contribution in [0, 0.1) is 6.92 Å². The highest BCUT2D eigenvalue weighted by Crippen LogP contribution is 2.06. The van der Waals surface area contributed by atoms with Crippen LogP contribution < -0.4 is 10.4 Å². The van der Waals surface area contributed by atoms with E-state index in [1.807, 2.05) is 12.4 Å². The standard InChI is InChI=1S/C14H17NSi/c1-12-11-15-10-9-14(12)16(2,3)13-7-5-4-6-8-13/h4-11H,1-3H3. The molecule has 0 spiro atoms. The van der Waals surface area contributed by atoms with Crippen LogP contribution in [-0.2, 0) is 0 Å². The third-order valence-corrected chi connectivity index (χ3v) is 6.87. The van der Waals surface area contributed by atoms with Crippen molar-refractivity contribution in [3.63, 3.8) is 0 Å². The molecule has 2 aromatic rings. The molecule has 2 heteroatoms. The molecule has 0 saturated heterocycles. The van der Waals surface area contributed by atoms with Gasteiger partial charge in [0.1, 0.15) is 8.07 Å². The van der Waals surface area contributed by atoms with E-state index >= 15 is 0 Å². The van der Waals surface area contributed by atoms with E-state index in [1.165, 1.54) is 15.9 Å². The lowest BCUT2D eigenvalue weighted by Gasteiger charge is -2.25. The Labute approximate surface area is 98.2 Å². The predicted molar refractivity (Wildman–Crippen MR) is 72.2 cm³/mol. The Morgan fingerprint density at radius 1 is 1.00 bits per heavy atom. The molecule has 1 nitrogen and oxygen atoms in total. The molecule has 0 radical (unpaired) electrons. The molecule has 0 atom stereocenters. The normalized spacial score (nSPS) is 11.4. The first-order valence-corrected chi connectivity index (χ1v) is 8.59. The molecule has 0 fully saturated rings. The number of aromatic nitrogens is 1. The molecule has 82 valence electrons. The molecule has 0 aliphatic rings. The van der Waals surface area contributed by atoms with Gasteiger partial charge in [-0.05, 0) is 23.7 Å². The minimum atomic E-state index is -1.54. The average molecular weight is 227 g/mol. The molecule has 0 bridgehead atoms. The van der Waals surface area contributed by atoms with Crippen LogP contribution in [0.15, 0.2) is 48.8 Å². The van der Waals surface area contributed by atoms with Gasteiger partial charge in [0.15, 0.2) is 0 Å². The van der Waals surface area contributed by atoms with Gasteiger partial charge in [-0.2, -0.15) is 0 Å². The van der Waals surface area contributed by atoms with Crippen molar-refractivity contribution in [1.82, 2.24) is 4.98 Å². The lowest BCUT2D eigenvalue weighted by atomic mass is 10.3. The van der Waals surface area contributed by atoms with Crippen LogP contribution >= 0.6 is 0 Å². The highest BCUT2D eigenvalue weighted by molar-refractivity contribution is 7.00. The first kappa shape index (κ1) is 11.1. The Bertz CT molecular complexity index is 477. The summed E-state index contributed by atoms with van der Waals surface area (Å²) in [5, 5.41) is 2.96. The zero-order chi connectivity index (χ0) is 11.6. The van der Waals surface area contributed by atoms with Gasteiger partial charge in [-0.3, -0.25) is 4.98 Å². The van der Waals surface area contributed by atoms with Gasteiger partial charge in [-0.15, -0.1) is 0 Å². The number of hydrogen-bond donors (Lipinski definition) is 0. The zero-order valence-corrected chi connectivity index (χ0v) is 11.1. The van der Waals surface area contributed by atoms with E-state index in [0.717, 1.165) is 0 Å². The van der Waals surface area contributed by atoms with Crippen LogP contribution in [0.2, 0.25) is 13.1 Å². The summed E-state index contributed by atoms with van der Waals surface area (Å²) >= 11 is 0. The van der Waals surface area contributed by atoms with Crippen molar-refractivity contribution in [3.8, 4) is 0 Å². The van der Waals surface area contributed by atoms with Gasteiger partial charge in [-0.25, -0.2) is 0 Å². The first-order valence-electron chi connectivity index (χ1n) is 5.59. The molecule has 0 aliphatic heterocycles. The highest BCUT2D eigenvalue weighted by Gasteiger charge is 2.26. The van der Waals surface area contributed by atoms with Crippen molar-refractivity contribution in [1.29, 1.82) is 0 Å². The van der Waals surface area contributed by atoms with Gasteiger partial charge in [0.25, 0.3) is 0 Å². The number of rotatable bonds is 2. The summed E-state index contributed by atoms with van der Waals surface area (Å²) < 4.78 is 0. The monoisotopic (exact) mass is 227 g/mol. The van der Waals surface area contributed by atoms with E-state index in [2.05, 4.69) is 61.4 Å². The summed E-state index contributed by atoms with van der Waals surface area (Å²) in [6.07, 6.45) is 3.87. The van der Waals surface area contributed by atoms with Crippen molar-refractivity contribution in [2.75, 3.05) is 0 Å². The fourth-order valence-corrected chi connectivity index (χ4v) is 5.06. The summed E-state index contributed by atoms with van der Waals surface area (Å²) in [7, 11) is -1.54. The minimum absolute atomic E-state index is 1.31. The lowest BCUT2D eigenvalue weighted by Crippen LogP contribution is -2.53. The Morgan fingerprint density at radius 3 is 2.31 bits per heavy atom. The van der Waals surface area contributed by atoms with Gasteiger partial charge in [0.05, 0.1) is 0 Å². The second-order valence-corrected chi connectivity index (χ2v) is 9.05. The molecular weight excluding hydrogens is 210 g/mol. The summed E-state index contributed by atoms with van der Waals surface area (Å²) in [5.74, 6) is 0. The third kappa shape index (κ3) is 1.93. The first-order chi connectivity index (χ1) is 7.62. The fourth-order valence-electron chi connectivity index (χ4n) is 2.18. The minimum Gasteiger partial charge on any atom is -0.264 e. The summed E-state index contributed by atoms with van der Waals surface area (Å²) in [6, 6.07) is 13.0. The van der Waals surface area contributed by atoms with E-state index < -0.39 is 8.07 Å². The number of pyridine rings is 1. The van der Waals surface area contributed by atoms with Crippen LogP contribution in [0.3, 0.4) is 0 Å². The van der Waals surface area contributed by atoms with Crippen molar-refractivity contribution in [3.05, 3.63) is 54.4 Å². The number of aryl methyl sites for hydroxylation is 1. The van der Waals surface area contributed by atoms with Gasteiger partial charge >= 0.3 is 0 Å². The molecule has 2 rings (SSSR count). The molecule has 0 aliphatic carbocycles. The quantitative estimate of drug-likeness (QED) is 0.717. The maximum atomic E-state index is 4.17. The summed E-state index contributed by atoms with van der Waals surface area (Å²) in [4.78, 5) is 4.17. The van der Waals surface area contributed by atoms with E-state index in [0.29, 0.717) is 0 Å². The Kier molecular flexibility index (Phi) is 2.92. The van der Waals surface area contributed by atoms with Crippen LogP contribution in [0.4, 0.5) is 0 Å². The maximum Gasteiger partial charge on any atom is 0.112 e. The second-order valence-electron chi connectivity index (χ2n) is 4.68. The van der Waals surface area contributed by atoms with E-state index in [9.17, 15) is 0 Å². The van der Waals surface area contributed by atoms with Gasteiger partial charge in [-0.1, -0.05) is 48.6 Å². The molecule has 16 heavy (non-hydrogen) atoms.